The first-order chi connectivity index (χ1) is 15.1. The number of nitrogens with one attached hydrogen (secondary N) is 1. The van der Waals surface area contributed by atoms with Gasteiger partial charge in [-0.2, -0.15) is 10.2 Å². The number of azo groups is 1. The van der Waals surface area contributed by atoms with E-state index in [0.717, 1.165) is 5.69 Å². The van der Waals surface area contributed by atoms with Crippen molar-refractivity contribution in [2.45, 2.75) is 0 Å². The second-order valence-electron chi connectivity index (χ2n) is 6.28. The molecule has 0 radical (unpaired) electrons. The van der Waals surface area contributed by atoms with Gasteiger partial charge in [0.15, 0.2) is 18.1 Å². The van der Waals surface area contributed by atoms with Gasteiger partial charge in [0.1, 0.15) is 0 Å². The minimum atomic E-state index is -0.646. The molecule has 0 saturated carbocycles. The van der Waals surface area contributed by atoms with E-state index in [9.17, 15) is 9.59 Å². The number of benzene rings is 3. The highest BCUT2D eigenvalue weighted by atomic mass is 16.5. The van der Waals surface area contributed by atoms with Crippen molar-refractivity contribution in [1.29, 1.82) is 0 Å². The molecule has 0 bridgehead atoms. The van der Waals surface area contributed by atoms with E-state index in [0.29, 0.717) is 22.9 Å². The first-order valence-corrected chi connectivity index (χ1v) is 9.35. The van der Waals surface area contributed by atoms with Crippen LogP contribution in [0.25, 0.3) is 0 Å². The van der Waals surface area contributed by atoms with Gasteiger partial charge in [-0.25, -0.2) is 4.79 Å². The lowest BCUT2D eigenvalue weighted by molar-refractivity contribution is -0.119. The molecule has 158 valence electrons. The zero-order valence-electron chi connectivity index (χ0n) is 17.1. The average Bonchev–Trinajstić information content (AvgIpc) is 2.82. The number of carbonyl (C=O) groups is 2. The van der Waals surface area contributed by atoms with Crippen LogP contribution in [0.15, 0.2) is 83.0 Å². The van der Waals surface area contributed by atoms with Gasteiger partial charge in [0.2, 0.25) is 0 Å². The number of amides is 1. The molecule has 0 aliphatic heterocycles. The molecule has 3 aromatic carbocycles. The Labute approximate surface area is 179 Å². The summed E-state index contributed by atoms with van der Waals surface area (Å²) in [7, 11) is 2.97. The Morgan fingerprint density at radius 2 is 1.45 bits per heavy atom. The highest BCUT2D eigenvalue weighted by Gasteiger charge is 2.13. The van der Waals surface area contributed by atoms with Gasteiger partial charge in [-0.15, -0.1) is 0 Å². The van der Waals surface area contributed by atoms with Gasteiger partial charge in [-0.1, -0.05) is 18.2 Å². The van der Waals surface area contributed by atoms with Crippen molar-refractivity contribution >= 4 is 28.9 Å². The fourth-order valence-corrected chi connectivity index (χ4v) is 2.60. The van der Waals surface area contributed by atoms with E-state index in [-0.39, 0.29) is 5.56 Å². The third-order valence-corrected chi connectivity index (χ3v) is 4.14. The number of hydrogen-bond donors (Lipinski definition) is 1. The summed E-state index contributed by atoms with van der Waals surface area (Å²) in [6.45, 7) is -0.428. The number of carbonyl (C=O) groups excluding carboxylic acids is 2. The van der Waals surface area contributed by atoms with Crippen LogP contribution < -0.4 is 14.8 Å². The van der Waals surface area contributed by atoms with Gasteiger partial charge in [0, 0.05) is 5.69 Å². The lowest BCUT2D eigenvalue weighted by Crippen LogP contribution is -2.20. The zero-order chi connectivity index (χ0) is 22.1. The van der Waals surface area contributed by atoms with Crippen molar-refractivity contribution in [3.63, 3.8) is 0 Å². The molecule has 0 heterocycles. The Bertz CT molecular complexity index is 1070. The van der Waals surface area contributed by atoms with Crippen LogP contribution in [-0.4, -0.2) is 32.7 Å². The first kappa shape index (κ1) is 21.5. The number of rotatable bonds is 8. The van der Waals surface area contributed by atoms with E-state index in [2.05, 4.69) is 15.5 Å². The van der Waals surface area contributed by atoms with E-state index in [1.807, 2.05) is 30.3 Å². The predicted molar refractivity (Wildman–Crippen MR) is 116 cm³/mol. The number of methoxy groups -OCH3 is 2. The summed E-state index contributed by atoms with van der Waals surface area (Å²) in [6, 6.07) is 20.8. The standard InChI is InChI=1S/C23H21N3O5/c1-29-20-13-8-16(14-21(20)30-2)23(28)31-15-22(27)24-17-9-11-19(12-10-17)26-25-18-6-4-3-5-7-18/h3-14H,15H2,1-2H3,(H,24,27). The van der Waals surface area contributed by atoms with Crippen LogP contribution in [0.3, 0.4) is 0 Å². The number of anilines is 1. The highest BCUT2D eigenvalue weighted by Crippen LogP contribution is 2.27. The van der Waals surface area contributed by atoms with Crippen molar-refractivity contribution in [3.8, 4) is 11.5 Å². The molecule has 0 unspecified atom stereocenters. The van der Waals surface area contributed by atoms with Crippen LogP contribution in [0.4, 0.5) is 17.1 Å². The summed E-state index contributed by atoms with van der Waals surface area (Å²) in [5.74, 6) is -0.227. The van der Waals surface area contributed by atoms with E-state index in [1.54, 1.807) is 30.3 Å². The number of esters is 1. The molecular weight excluding hydrogens is 398 g/mol. The Balaban J connectivity index is 1.51. The monoisotopic (exact) mass is 419 g/mol. The third kappa shape index (κ3) is 6.14. The van der Waals surface area contributed by atoms with Crippen LogP contribution in [-0.2, 0) is 9.53 Å². The Hall–Kier alpha value is -4.20. The molecule has 1 amide bonds. The maximum atomic E-state index is 12.2. The molecule has 0 saturated heterocycles. The van der Waals surface area contributed by atoms with E-state index in [4.69, 9.17) is 14.2 Å². The number of ether oxygens (including phenoxy) is 3. The van der Waals surface area contributed by atoms with Crippen molar-refractivity contribution < 1.29 is 23.8 Å². The quantitative estimate of drug-likeness (QED) is 0.413. The normalized spacial score (nSPS) is 10.5. The van der Waals surface area contributed by atoms with E-state index >= 15 is 0 Å². The lowest BCUT2D eigenvalue weighted by atomic mass is 10.2. The van der Waals surface area contributed by atoms with E-state index < -0.39 is 18.5 Å². The van der Waals surface area contributed by atoms with Crippen LogP contribution in [0, 0.1) is 0 Å². The SMILES string of the molecule is COc1ccc(C(=O)OCC(=O)Nc2ccc(N=Nc3ccccc3)cc2)cc1OC. The molecule has 3 rings (SSSR count). The largest absolute Gasteiger partial charge is 0.493 e. The van der Waals surface area contributed by atoms with Gasteiger partial charge >= 0.3 is 5.97 Å². The first-order valence-electron chi connectivity index (χ1n) is 9.35. The lowest BCUT2D eigenvalue weighted by Gasteiger charge is -2.10. The number of nitrogens with zero attached hydrogens (tertiary/aromatic N) is 2. The zero-order valence-corrected chi connectivity index (χ0v) is 17.1. The van der Waals surface area contributed by atoms with Gasteiger partial charge in [0.05, 0.1) is 31.2 Å². The summed E-state index contributed by atoms with van der Waals surface area (Å²) in [5.41, 5.74) is 2.18. The molecule has 0 aliphatic rings. The van der Waals surface area contributed by atoms with Gasteiger partial charge in [0.25, 0.3) is 5.91 Å². The molecule has 3 aromatic rings. The Morgan fingerprint density at radius 3 is 2.10 bits per heavy atom. The molecule has 0 fully saturated rings. The molecule has 0 aromatic heterocycles. The van der Waals surface area contributed by atoms with Crippen molar-refractivity contribution in [1.82, 2.24) is 0 Å². The third-order valence-electron chi connectivity index (χ3n) is 4.14. The van der Waals surface area contributed by atoms with Crippen LogP contribution in [0.2, 0.25) is 0 Å². The van der Waals surface area contributed by atoms with Crippen LogP contribution in [0.5, 0.6) is 11.5 Å². The summed E-state index contributed by atoms with van der Waals surface area (Å²) >= 11 is 0. The Morgan fingerprint density at radius 1 is 0.806 bits per heavy atom. The van der Waals surface area contributed by atoms with Gasteiger partial charge < -0.3 is 19.5 Å². The highest BCUT2D eigenvalue weighted by molar-refractivity contribution is 5.95. The Kier molecular flexibility index (Phi) is 7.31. The fourth-order valence-electron chi connectivity index (χ4n) is 2.60. The minimum Gasteiger partial charge on any atom is -0.493 e. The van der Waals surface area contributed by atoms with E-state index in [1.165, 1.54) is 26.4 Å². The summed E-state index contributed by atoms with van der Waals surface area (Å²) in [6.07, 6.45) is 0. The van der Waals surface area contributed by atoms with Gasteiger partial charge in [-0.05, 0) is 54.6 Å². The molecule has 0 aliphatic carbocycles. The molecule has 0 atom stereocenters. The maximum absolute atomic E-state index is 12.2. The summed E-state index contributed by atoms with van der Waals surface area (Å²) < 4.78 is 15.4. The molecule has 31 heavy (non-hydrogen) atoms. The van der Waals surface area contributed by atoms with Crippen LogP contribution >= 0.6 is 0 Å². The maximum Gasteiger partial charge on any atom is 0.338 e. The molecule has 8 heteroatoms. The summed E-state index contributed by atoms with van der Waals surface area (Å²) in [5, 5.41) is 10.9. The average molecular weight is 419 g/mol. The van der Waals surface area contributed by atoms with Crippen molar-refractivity contribution in [3.05, 3.63) is 78.4 Å². The predicted octanol–water partition coefficient (Wildman–Crippen LogP) is 4.91. The van der Waals surface area contributed by atoms with Gasteiger partial charge in [-0.3, -0.25) is 4.79 Å². The number of hydrogen-bond acceptors (Lipinski definition) is 7. The smallest absolute Gasteiger partial charge is 0.338 e. The molecule has 8 nitrogen and oxygen atoms in total. The minimum absolute atomic E-state index is 0.249. The topological polar surface area (TPSA) is 98.6 Å². The summed E-state index contributed by atoms with van der Waals surface area (Å²) in [4.78, 5) is 24.3. The fraction of sp³-hybridized carbons (Fsp3) is 0.130. The molecular formula is C23H21N3O5. The molecule has 0 spiro atoms. The van der Waals surface area contributed by atoms with Crippen molar-refractivity contribution in [2.24, 2.45) is 10.2 Å². The second kappa shape index (κ2) is 10.5. The van der Waals surface area contributed by atoms with Crippen molar-refractivity contribution in [2.75, 3.05) is 26.1 Å². The van der Waals surface area contributed by atoms with Crippen LogP contribution in [0.1, 0.15) is 10.4 Å². The molecule has 1 N–H and O–H groups in total. The second-order valence-corrected chi connectivity index (χ2v) is 6.28.